The Morgan fingerprint density at radius 3 is 2.21 bits per heavy atom. The number of esters is 2. The number of carbonyl (C=O) groups is 2. The molecule has 0 saturated carbocycles. The first kappa shape index (κ1) is 29.7. The lowest BCUT2D eigenvalue weighted by molar-refractivity contribution is -0.394. The van der Waals surface area contributed by atoms with Crippen LogP contribution in [-0.2, 0) is 25.5 Å². The van der Waals surface area contributed by atoms with E-state index in [2.05, 4.69) is 6.58 Å². The maximum Gasteiger partial charge on any atom is 0.333 e. The van der Waals surface area contributed by atoms with E-state index in [1.807, 2.05) is 0 Å². The molecule has 202 valence electrons. The highest BCUT2D eigenvalue weighted by atomic mass is 16.6. The van der Waals surface area contributed by atoms with Crippen molar-refractivity contribution in [3.05, 3.63) is 92.0 Å². The number of nitro benzene ring substituents is 2. The summed E-state index contributed by atoms with van der Waals surface area (Å²) in [6, 6.07) is 10.5. The second kappa shape index (κ2) is 15.5. The van der Waals surface area contributed by atoms with Crippen molar-refractivity contribution in [3.8, 4) is 5.75 Å². The zero-order chi connectivity index (χ0) is 27.9. The fraction of sp³-hybridized carbons (Fsp3) is 0.333. The Labute approximate surface area is 220 Å². The van der Waals surface area contributed by atoms with E-state index in [1.165, 1.54) is 18.2 Å². The number of rotatable bonds is 16. The van der Waals surface area contributed by atoms with Gasteiger partial charge >= 0.3 is 11.9 Å². The van der Waals surface area contributed by atoms with Gasteiger partial charge in [-0.2, -0.15) is 0 Å². The van der Waals surface area contributed by atoms with Crippen LogP contribution in [0.1, 0.15) is 43.7 Å². The predicted octanol–water partition coefficient (Wildman–Crippen LogP) is 5.36. The minimum absolute atomic E-state index is 0.0440. The largest absolute Gasteiger partial charge is 0.494 e. The van der Waals surface area contributed by atoms with E-state index in [1.54, 1.807) is 37.3 Å². The van der Waals surface area contributed by atoms with Crippen molar-refractivity contribution in [2.45, 2.75) is 39.0 Å². The molecule has 0 amide bonds. The highest BCUT2D eigenvalue weighted by Crippen LogP contribution is 2.25. The zero-order valence-corrected chi connectivity index (χ0v) is 21.1. The van der Waals surface area contributed by atoms with Crippen molar-refractivity contribution in [1.82, 2.24) is 0 Å². The highest BCUT2D eigenvalue weighted by molar-refractivity contribution is 5.87. The van der Waals surface area contributed by atoms with Crippen molar-refractivity contribution in [2.24, 2.45) is 0 Å². The molecule has 0 N–H and O–H groups in total. The summed E-state index contributed by atoms with van der Waals surface area (Å²) < 4.78 is 15.8. The molecule has 0 heterocycles. The third kappa shape index (κ3) is 10.6. The van der Waals surface area contributed by atoms with E-state index < -0.39 is 21.5 Å². The van der Waals surface area contributed by atoms with Gasteiger partial charge in [0.15, 0.2) is 0 Å². The van der Waals surface area contributed by atoms with Gasteiger partial charge in [-0.3, -0.25) is 20.2 Å². The van der Waals surface area contributed by atoms with Gasteiger partial charge in [0.05, 0.1) is 35.7 Å². The van der Waals surface area contributed by atoms with Crippen molar-refractivity contribution >= 4 is 29.4 Å². The normalized spacial score (nSPS) is 10.7. The lowest BCUT2D eigenvalue weighted by Crippen LogP contribution is -2.06. The first-order chi connectivity index (χ1) is 18.2. The highest BCUT2D eigenvalue weighted by Gasteiger charge is 2.19. The van der Waals surface area contributed by atoms with E-state index in [0.717, 1.165) is 37.3 Å². The van der Waals surface area contributed by atoms with Gasteiger partial charge in [0.2, 0.25) is 0 Å². The Hall–Kier alpha value is -4.54. The molecule has 2 aromatic rings. The summed E-state index contributed by atoms with van der Waals surface area (Å²) in [5.41, 5.74) is 0.607. The number of unbranched alkanes of at least 4 members (excludes halogenated alkanes) is 3. The molecule has 0 aliphatic carbocycles. The third-order valence-electron chi connectivity index (χ3n) is 5.27. The molecule has 0 saturated heterocycles. The molecule has 2 rings (SSSR count). The average Bonchev–Trinajstić information content (AvgIpc) is 2.89. The minimum Gasteiger partial charge on any atom is -0.494 e. The Kier molecular flexibility index (Phi) is 12.1. The van der Waals surface area contributed by atoms with Gasteiger partial charge in [-0.15, -0.1) is 0 Å². The smallest absolute Gasteiger partial charge is 0.333 e. The lowest BCUT2D eigenvalue weighted by atomic mass is 10.1. The quantitative estimate of drug-likeness (QED) is 0.0926. The number of hydrogen-bond donors (Lipinski definition) is 0. The van der Waals surface area contributed by atoms with Crippen LogP contribution in [0, 0.1) is 20.2 Å². The molecule has 0 radical (unpaired) electrons. The van der Waals surface area contributed by atoms with Crippen LogP contribution in [0.25, 0.3) is 6.08 Å². The molecule has 0 aromatic heterocycles. The number of nitrogens with zero attached hydrogens (tertiary/aromatic N) is 2. The molecule has 0 atom stereocenters. The fourth-order valence-electron chi connectivity index (χ4n) is 3.23. The lowest BCUT2D eigenvalue weighted by Gasteiger charge is -2.07. The summed E-state index contributed by atoms with van der Waals surface area (Å²) in [4.78, 5) is 43.8. The Balaban J connectivity index is 1.67. The van der Waals surface area contributed by atoms with Crippen LogP contribution in [-0.4, -0.2) is 41.6 Å². The van der Waals surface area contributed by atoms with Crippen molar-refractivity contribution in [3.63, 3.8) is 0 Å². The van der Waals surface area contributed by atoms with Crippen LogP contribution < -0.4 is 4.74 Å². The molecule has 11 nitrogen and oxygen atoms in total. The first-order valence-corrected chi connectivity index (χ1v) is 12.0. The van der Waals surface area contributed by atoms with Crippen LogP contribution >= 0.6 is 0 Å². The molecule has 0 aliphatic rings. The second-order valence-electron chi connectivity index (χ2n) is 8.33. The summed E-state index contributed by atoms with van der Waals surface area (Å²) >= 11 is 0. The molecule has 2 aromatic carbocycles. The maximum atomic E-state index is 12.0. The van der Waals surface area contributed by atoms with Gasteiger partial charge in [-0.25, -0.2) is 9.59 Å². The summed E-state index contributed by atoms with van der Waals surface area (Å²) in [6.45, 7) is 5.97. The van der Waals surface area contributed by atoms with Gasteiger partial charge in [0.25, 0.3) is 11.4 Å². The molecular formula is C27H30N2O9. The number of nitro groups is 2. The van der Waals surface area contributed by atoms with Crippen LogP contribution in [0.15, 0.2) is 60.7 Å². The zero-order valence-electron chi connectivity index (χ0n) is 21.1. The summed E-state index contributed by atoms with van der Waals surface area (Å²) in [6.07, 6.45) is 6.39. The van der Waals surface area contributed by atoms with Crippen LogP contribution in [0.2, 0.25) is 0 Å². The van der Waals surface area contributed by atoms with Gasteiger partial charge in [0.1, 0.15) is 5.75 Å². The van der Waals surface area contributed by atoms with E-state index in [9.17, 15) is 29.8 Å². The van der Waals surface area contributed by atoms with E-state index in [-0.39, 0.29) is 30.2 Å². The molecule has 0 unspecified atom stereocenters. The molecule has 38 heavy (non-hydrogen) atoms. The SMILES string of the molecule is C=C(C)C(=O)OCCCCCCOc1ccc(/C=C/C(=O)OCCc2ccc([N+](=O)[O-])cc2[N+](=O)[O-])cc1. The minimum atomic E-state index is -0.711. The number of carbonyl (C=O) groups excluding carboxylic acids is 2. The average molecular weight is 527 g/mol. The standard InChI is InChI=1S/C27H30N2O9/c1-20(2)27(31)38-17-6-4-3-5-16-36-24-12-7-21(8-13-24)9-14-26(30)37-18-15-22-10-11-23(28(32)33)19-25(22)29(34)35/h7-14,19H,1,3-6,15-18H2,2H3/b14-9+. The van der Waals surface area contributed by atoms with Gasteiger partial charge < -0.3 is 14.2 Å². The van der Waals surface area contributed by atoms with E-state index in [4.69, 9.17) is 14.2 Å². The molecule has 0 bridgehead atoms. The number of hydrogen-bond acceptors (Lipinski definition) is 9. The molecule has 11 heteroatoms. The Morgan fingerprint density at radius 1 is 0.895 bits per heavy atom. The fourth-order valence-corrected chi connectivity index (χ4v) is 3.23. The molecular weight excluding hydrogens is 496 g/mol. The van der Waals surface area contributed by atoms with Crippen molar-refractivity contribution in [2.75, 3.05) is 19.8 Å². The molecule has 0 aliphatic heterocycles. The number of benzene rings is 2. The van der Waals surface area contributed by atoms with Crippen LogP contribution in [0.5, 0.6) is 5.75 Å². The topological polar surface area (TPSA) is 148 Å². The maximum absolute atomic E-state index is 12.0. The predicted molar refractivity (Wildman–Crippen MR) is 140 cm³/mol. The second-order valence-corrected chi connectivity index (χ2v) is 8.33. The summed E-state index contributed by atoms with van der Waals surface area (Å²) in [5, 5.41) is 22.0. The van der Waals surface area contributed by atoms with Crippen LogP contribution in [0.3, 0.4) is 0 Å². The van der Waals surface area contributed by atoms with E-state index >= 15 is 0 Å². The first-order valence-electron chi connectivity index (χ1n) is 12.0. The summed E-state index contributed by atoms with van der Waals surface area (Å²) in [5.74, 6) is -0.286. The third-order valence-corrected chi connectivity index (χ3v) is 5.27. The Bertz CT molecular complexity index is 1170. The van der Waals surface area contributed by atoms with Crippen molar-refractivity contribution < 1.29 is 33.6 Å². The van der Waals surface area contributed by atoms with Crippen molar-refractivity contribution in [1.29, 1.82) is 0 Å². The summed E-state index contributed by atoms with van der Waals surface area (Å²) in [7, 11) is 0. The van der Waals surface area contributed by atoms with Crippen LogP contribution in [0.4, 0.5) is 11.4 Å². The van der Waals surface area contributed by atoms with E-state index in [0.29, 0.717) is 24.5 Å². The molecule has 0 fully saturated rings. The van der Waals surface area contributed by atoms with Gasteiger partial charge in [0, 0.05) is 29.7 Å². The molecule has 0 spiro atoms. The number of non-ortho nitro benzene ring substituents is 1. The Morgan fingerprint density at radius 2 is 1.58 bits per heavy atom. The number of ether oxygens (including phenoxy) is 3. The van der Waals surface area contributed by atoms with Gasteiger partial charge in [-0.05, 0) is 62.4 Å². The van der Waals surface area contributed by atoms with Gasteiger partial charge in [-0.1, -0.05) is 18.7 Å². The monoisotopic (exact) mass is 526 g/mol.